The Balaban J connectivity index is 2.11. The molecular weight excluding hydrogens is 307 g/mol. The van der Waals surface area contributed by atoms with Gasteiger partial charge >= 0.3 is 0 Å². The third-order valence-electron chi connectivity index (χ3n) is 2.76. The van der Waals surface area contributed by atoms with Crippen molar-refractivity contribution >= 4 is 17.2 Å². The summed E-state index contributed by atoms with van der Waals surface area (Å²) in [6.45, 7) is -0.241. The molecule has 4 nitrogen and oxygen atoms in total. The molecule has 0 aliphatic heterocycles. The topological polar surface area (TPSA) is 69.6 Å². The molecule has 1 heterocycles. The van der Waals surface area contributed by atoms with Crippen molar-refractivity contribution in [1.29, 1.82) is 0 Å². The highest BCUT2D eigenvalue weighted by molar-refractivity contribution is 7.07. The molecule has 0 saturated heterocycles. The van der Waals surface area contributed by atoms with Crippen LogP contribution in [0.2, 0.25) is 0 Å². The van der Waals surface area contributed by atoms with Gasteiger partial charge in [-0.3, -0.25) is 4.79 Å². The molecule has 0 aliphatic rings. The van der Waals surface area contributed by atoms with Gasteiger partial charge in [0.05, 0.1) is 11.7 Å². The Morgan fingerprint density at radius 2 is 2.05 bits per heavy atom. The Kier molecular flexibility index (Phi) is 4.49. The minimum Gasteiger partial charge on any atom is -0.503 e. The fourth-order valence-corrected chi connectivity index (χ4v) is 2.33. The Hall–Kier alpha value is -2.06. The highest BCUT2D eigenvalue weighted by atomic mass is 32.1. The first kappa shape index (κ1) is 15.3. The number of aliphatic hydroxyl groups is 1. The number of phenolic OH excluding ortho intramolecular Hbond substituents is 1. The first-order valence-corrected chi connectivity index (χ1v) is 6.71. The lowest BCUT2D eigenvalue weighted by molar-refractivity contribution is 0.0911. The van der Waals surface area contributed by atoms with Crippen molar-refractivity contribution in [1.82, 2.24) is 5.32 Å². The van der Waals surface area contributed by atoms with Crippen molar-refractivity contribution in [2.24, 2.45) is 0 Å². The number of halogens is 3. The summed E-state index contributed by atoms with van der Waals surface area (Å²) in [5.74, 6) is -7.49. The standard InChI is InChI=1S/C13H10F3NO3S/c14-8-3-7(10(15)12(19)11(8)16)13(20)17-4-9(18)6-1-2-21-5-6/h1-3,5,9,18-19H,4H2,(H,17,20). The van der Waals surface area contributed by atoms with Gasteiger partial charge in [0.2, 0.25) is 5.82 Å². The van der Waals surface area contributed by atoms with E-state index in [9.17, 15) is 23.1 Å². The summed E-state index contributed by atoms with van der Waals surface area (Å²) in [4.78, 5) is 11.7. The number of aromatic hydroxyl groups is 1. The number of carbonyl (C=O) groups excluding carboxylic acids is 1. The third-order valence-corrected chi connectivity index (χ3v) is 3.46. The van der Waals surface area contributed by atoms with Gasteiger partial charge in [-0.25, -0.2) is 8.78 Å². The van der Waals surface area contributed by atoms with Gasteiger partial charge in [0.25, 0.3) is 5.91 Å². The van der Waals surface area contributed by atoms with Crippen LogP contribution in [0.5, 0.6) is 5.75 Å². The maximum atomic E-state index is 13.5. The summed E-state index contributed by atoms with van der Waals surface area (Å²) in [7, 11) is 0. The summed E-state index contributed by atoms with van der Waals surface area (Å²) in [5, 5.41) is 24.3. The monoisotopic (exact) mass is 317 g/mol. The number of hydrogen-bond acceptors (Lipinski definition) is 4. The zero-order valence-electron chi connectivity index (χ0n) is 10.4. The number of amides is 1. The van der Waals surface area contributed by atoms with Crippen LogP contribution in [-0.2, 0) is 0 Å². The molecule has 2 rings (SSSR count). The average molecular weight is 317 g/mol. The van der Waals surface area contributed by atoms with E-state index >= 15 is 0 Å². The van der Waals surface area contributed by atoms with E-state index in [4.69, 9.17) is 5.11 Å². The van der Waals surface area contributed by atoms with Crippen molar-refractivity contribution < 1.29 is 28.2 Å². The van der Waals surface area contributed by atoms with Crippen LogP contribution in [0.1, 0.15) is 22.0 Å². The van der Waals surface area contributed by atoms with Crippen LogP contribution < -0.4 is 5.32 Å². The van der Waals surface area contributed by atoms with Crippen LogP contribution in [0.3, 0.4) is 0 Å². The zero-order chi connectivity index (χ0) is 15.6. The van der Waals surface area contributed by atoms with Gasteiger partial charge in [0, 0.05) is 6.54 Å². The molecule has 1 aromatic carbocycles. The fraction of sp³-hybridized carbons (Fsp3) is 0.154. The lowest BCUT2D eigenvalue weighted by Gasteiger charge is -2.11. The summed E-state index contributed by atoms with van der Waals surface area (Å²) >= 11 is 1.35. The number of rotatable bonds is 4. The molecule has 21 heavy (non-hydrogen) atoms. The van der Waals surface area contributed by atoms with E-state index in [2.05, 4.69) is 5.32 Å². The van der Waals surface area contributed by atoms with Crippen LogP contribution >= 0.6 is 11.3 Å². The molecule has 0 fully saturated rings. The fourth-order valence-electron chi connectivity index (χ4n) is 1.62. The van der Waals surface area contributed by atoms with Crippen molar-refractivity contribution in [2.45, 2.75) is 6.10 Å². The summed E-state index contributed by atoms with van der Waals surface area (Å²) < 4.78 is 39.5. The van der Waals surface area contributed by atoms with Crippen LogP contribution in [-0.4, -0.2) is 22.7 Å². The molecule has 1 amide bonds. The molecule has 0 bridgehead atoms. The van der Waals surface area contributed by atoms with Gasteiger partial charge < -0.3 is 15.5 Å². The predicted molar refractivity (Wildman–Crippen MR) is 69.6 cm³/mol. The molecule has 3 N–H and O–H groups in total. The third kappa shape index (κ3) is 3.17. The molecule has 1 atom stereocenters. The lowest BCUT2D eigenvalue weighted by atomic mass is 10.1. The van der Waals surface area contributed by atoms with Crippen molar-refractivity contribution in [2.75, 3.05) is 6.54 Å². The number of thiophene rings is 1. The predicted octanol–water partition coefficient (Wildman–Crippen LogP) is 2.33. The van der Waals surface area contributed by atoms with Crippen LogP contribution in [0.4, 0.5) is 13.2 Å². The first-order chi connectivity index (χ1) is 9.91. The lowest BCUT2D eigenvalue weighted by Crippen LogP contribution is -2.29. The maximum absolute atomic E-state index is 13.5. The zero-order valence-corrected chi connectivity index (χ0v) is 11.3. The number of phenols is 1. The number of hydrogen-bond donors (Lipinski definition) is 3. The Morgan fingerprint density at radius 1 is 1.33 bits per heavy atom. The van der Waals surface area contributed by atoms with Gasteiger partial charge in [-0.15, -0.1) is 0 Å². The normalized spacial score (nSPS) is 12.2. The molecular formula is C13H10F3NO3S. The van der Waals surface area contributed by atoms with E-state index in [0.29, 0.717) is 11.6 Å². The molecule has 112 valence electrons. The molecule has 0 radical (unpaired) electrons. The number of aliphatic hydroxyl groups excluding tert-OH is 1. The van der Waals surface area contributed by atoms with E-state index in [1.165, 1.54) is 11.3 Å². The second-order valence-electron chi connectivity index (χ2n) is 4.17. The van der Waals surface area contributed by atoms with Gasteiger partial charge in [0.15, 0.2) is 17.4 Å². The number of carbonyl (C=O) groups is 1. The smallest absolute Gasteiger partial charge is 0.254 e. The molecule has 1 unspecified atom stereocenters. The highest BCUT2D eigenvalue weighted by Crippen LogP contribution is 2.25. The van der Waals surface area contributed by atoms with Crippen molar-refractivity contribution in [3.8, 4) is 5.75 Å². The SMILES string of the molecule is O=C(NCC(O)c1ccsc1)c1cc(F)c(F)c(O)c1F. The Morgan fingerprint density at radius 3 is 2.67 bits per heavy atom. The molecule has 8 heteroatoms. The molecule has 2 aromatic rings. The van der Waals surface area contributed by atoms with Crippen LogP contribution in [0, 0.1) is 17.5 Å². The van der Waals surface area contributed by atoms with E-state index in [1.54, 1.807) is 16.8 Å². The second-order valence-corrected chi connectivity index (χ2v) is 4.95. The summed E-state index contributed by atoms with van der Waals surface area (Å²) in [6.07, 6.45) is -1.01. The van der Waals surface area contributed by atoms with Gasteiger partial charge in [-0.05, 0) is 28.5 Å². The quantitative estimate of drug-likeness (QED) is 0.758. The Bertz CT molecular complexity index is 661. The molecule has 0 saturated carbocycles. The number of benzene rings is 1. The minimum atomic E-state index is -1.76. The summed E-state index contributed by atoms with van der Waals surface area (Å²) in [5.41, 5.74) is -0.280. The first-order valence-electron chi connectivity index (χ1n) is 5.76. The van der Waals surface area contributed by atoms with Crippen molar-refractivity contribution in [3.05, 3.63) is 51.5 Å². The van der Waals surface area contributed by atoms with E-state index in [0.717, 1.165) is 0 Å². The largest absolute Gasteiger partial charge is 0.503 e. The number of nitrogens with one attached hydrogen (secondary N) is 1. The minimum absolute atomic E-state index is 0.241. The van der Waals surface area contributed by atoms with Crippen molar-refractivity contribution in [3.63, 3.8) is 0 Å². The average Bonchev–Trinajstić information content (AvgIpc) is 3.00. The van der Waals surface area contributed by atoms with Gasteiger partial charge in [-0.2, -0.15) is 15.7 Å². The maximum Gasteiger partial charge on any atom is 0.254 e. The van der Waals surface area contributed by atoms with E-state index < -0.39 is 40.8 Å². The Labute approximate surface area is 121 Å². The molecule has 0 aliphatic carbocycles. The van der Waals surface area contributed by atoms with Gasteiger partial charge in [0.1, 0.15) is 0 Å². The molecule has 1 aromatic heterocycles. The van der Waals surface area contributed by atoms with E-state index in [1.807, 2.05) is 0 Å². The second kappa shape index (κ2) is 6.15. The summed E-state index contributed by atoms with van der Waals surface area (Å²) in [6, 6.07) is 1.99. The molecule has 0 spiro atoms. The highest BCUT2D eigenvalue weighted by Gasteiger charge is 2.22. The van der Waals surface area contributed by atoms with Crippen LogP contribution in [0.25, 0.3) is 0 Å². The van der Waals surface area contributed by atoms with Gasteiger partial charge in [-0.1, -0.05) is 0 Å². The van der Waals surface area contributed by atoms with Crippen LogP contribution in [0.15, 0.2) is 22.9 Å². The van der Waals surface area contributed by atoms with E-state index in [-0.39, 0.29) is 6.54 Å².